The van der Waals surface area contributed by atoms with E-state index in [4.69, 9.17) is 14.6 Å². The fourth-order valence-corrected chi connectivity index (χ4v) is 1.92. The monoisotopic (exact) mass is 266 g/mol. The number of rotatable bonds is 9. The molecule has 0 saturated heterocycles. The summed E-state index contributed by atoms with van der Waals surface area (Å²) in [6, 6.07) is 10.3. The van der Waals surface area contributed by atoms with Crippen molar-refractivity contribution in [1.82, 2.24) is 0 Å². The highest BCUT2D eigenvalue weighted by molar-refractivity contribution is 5.17. The van der Waals surface area contributed by atoms with Gasteiger partial charge in [-0.3, -0.25) is 0 Å². The van der Waals surface area contributed by atoms with Crippen LogP contribution in [0.5, 0.6) is 0 Å². The van der Waals surface area contributed by atoms with E-state index in [1.807, 2.05) is 32.0 Å². The molecule has 1 aromatic rings. The van der Waals surface area contributed by atoms with Gasteiger partial charge in [0.15, 0.2) is 0 Å². The highest BCUT2D eigenvalue weighted by atomic mass is 16.5. The third kappa shape index (κ3) is 6.19. The summed E-state index contributed by atoms with van der Waals surface area (Å²) in [7, 11) is 0. The van der Waals surface area contributed by atoms with Crippen molar-refractivity contribution >= 4 is 0 Å². The van der Waals surface area contributed by atoms with Crippen LogP contribution in [0.2, 0.25) is 0 Å². The van der Waals surface area contributed by atoms with Crippen molar-refractivity contribution < 1.29 is 14.6 Å². The van der Waals surface area contributed by atoms with Crippen LogP contribution in [0.4, 0.5) is 0 Å². The third-order valence-corrected chi connectivity index (χ3v) is 2.99. The van der Waals surface area contributed by atoms with Crippen LogP contribution in [-0.2, 0) is 9.47 Å². The lowest BCUT2D eigenvalue weighted by atomic mass is 10.1. The molecule has 3 atom stereocenters. The van der Waals surface area contributed by atoms with E-state index in [1.165, 1.54) is 5.56 Å². The van der Waals surface area contributed by atoms with E-state index in [1.54, 1.807) is 0 Å². The zero-order valence-corrected chi connectivity index (χ0v) is 12.2. The second kappa shape index (κ2) is 9.08. The van der Waals surface area contributed by atoms with Crippen molar-refractivity contribution in [1.29, 1.82) is 0 Å². The molecule has 0 fully saturated rings. The zero-order chi connectivity index (χ0) is 14.1. The van der Waals surface area contributed by atoms with Crippen LogP contribution in [-0.4, -0.2) is 30.5 Å². The van der Waals surface area contributed by atoms with Crippen LogP contribution >= 0.6 is 0 Å². The summed E-state index contributed by atoms with van der Waals surface area (Å²) in [5.74, 6) is 0. The molecule has 0 spiro atoms. The van der Waals surface area contributed by atoms with Crippen LogP contribution in [0.15, 0.2) is 30.3 Å². The molecule has 0 bridgehead atoms. The molecule has 3 heteroatoms. The zero-order valence-electron chi connectivity index (χ0n) is 12.2. The number of hydrogen-bond acceptors (Lipinski definition) is 3. The summed E-state index contributed by atoms with van der Waals surface area (Å²) < 4.78 is 11.6. The Morgan fingerprint density at radius 2 is 1.79 bits per heavy atom. The lowest BCUT2D eigenvalue weighted by molar-refractivity contribution is -0.0757. The van der Waals surface area contributed by atoms with Gasteiger partial charge in [0.1, 0.15) is 0 Å². The fraction of sp³-hybridized carbons (Fsp3) is 0.625. The van der Waals surface area contributed by atoms with Gasteiger partial charge in [0.05, 0.1) is 31.5 Å². The number of aliphatic hydroxyl groups is 1. The van der Waals surface area contributed by atoms with Gasteiger partial charge in [0, 0.05) is 0 Å². The van der Waals surface area contributed by atoms with Gasteiger partial charge < -0.3 is 14.6 Å². The molecule has 0 amide bonds. The maximum Gasteiger partial charge on any atom is 0.0829 e. The minimum Gasteiger partial charge on any atom is -0.394 e. The van der Waals surface area contributed by atoms with Crippen molar-refractivity contribution in [3.63, 3.8) is 0 Å². The van der Waals surface area contributed by atoms with Crippen LogP contribution in [0, 0.1) is 0 Å². The van der Waals surface area contributed by atoms with E-state index in [2.05, 4.69) is 19.1 Å². The maximum atomic E-state index is 8.93. The number of aliphatic hydroxyl groups excluding tert-OH is 1. The highest BCUT2D eigenvalue weighted by Crippen LogP contribution is 2.24. The van der Waals surface area contributed by atoms with E-state index in [-0.39, 0.29) is 24.9 Å². The molecule has 1 N–H and O–H groups in total. The first-order chi connectivity index (χ1) is 9.17. The molecule has 0 heterocycles. The van der Waals surface area contributed by atoms with Crippen molar-refractivity contribution in [2.24, 2.45) is 0 Å². The van der Waals surface area contributed by atoms with Gasteiger partial charge in [-0.05, 0) is 25.8 Å². The molecule has 0 aliphatic carbocycles. The molecule has 19 heavy (non-hydrogen) atoms. The predicted molar refractivity (Wildman–Crippen MR) is 77.1 cm³/mol. The summed E-state index contributed by atoms with van der Waals surface area (Å²) in [6.45, 7) is 6.58. The predicted octanol–water partition coefficient (Wildman–Crippen LogP) is 3.33. The van der Waals surface area contributed by atoms with Gasteiger partial charge in [-0.1, -0.05) is 43.7 Å². The van der Waals surface area contributed by atoms with Gasteiger partial charge in [-0.25, -0.2) is 0 Å². The van der Waals surface area contributed by atoms with Crippen molar-refractivity contribution in [3.05, 3.63) is 35.9 Å². The smallest absolute Gasteiger partial charge is 0.0829 e. The molecule has 1 rings (SSSR count). The van der Waals surface area contributed by atoms with Crippen LogP contribution in [0.25, 0.3) is 0 Å². The van der Waals surface area contributed by atoms with E-state index < -0.39 is 0 Å². The lowest BCUT2D eigenvalue weighted by Crippen LogP contribution is -2.24. The standard InChI is InChI=1S/C16H26O3/c1-4-8-16(15-9-6-5-7-10-15)19-14(3)12-18-13(2)11-17/h5-7,9-10,13-14,16-17H,4,8,11-12H2,1-3H3. The van der Waals surface area contributed by atoms with E-state index >= 15 is 0 Å². The Bertz CT molecular complexity index is 326. The second-order valence-electron chi connectivity index (χ2n) is 4.96. The Hall–Kier alpha value is -0.900. The molecule has 0 aliphatic heterocycles. The quantitative estimate of drug-likeness (QED) is 0.745. The average Bonchev–Trinajstić information content (AvgIpc) is 2.45. The third-order valence-electron chi connectivity index (χ3n) is 2.99. The number of ether oxygens (including phenoxy) is 2. The number of benzene rings is 1. The molecule has 3 unspecified atom stereocenters. The molecule has 3 nitrogen and oxygen atoms in total. The van der Waals surface area contributed by atoms with E-state index in [0.29, 0.717) is 6.61 Å². The number of hydrogen-bond donors (Lipinski definition) is 1. The minimum absolute atomic E-state index is 0.0192. The first kappa shape index (κ1) is 16.2. The van der Waals surface area contributed by atoms with Gasteiger partial charge in [-0.15, -0.1) is 0 Å². The summed E-state index contributed by atoms with van der Waals surface area (Å²) in [5, 5.41) is 8.93. The summed E-state index contributed by atoms with van der Waals surface area (Å²) in [6.07, 6.45) is 2.09. The first-order valence-electron chi connectivity index (χ1n) is 7.10. The molecule has 0 aromatic heterocycles. The second-order valence-corrected chi connectivity index (χ2v) is 4.96. The van der Waals surface area contributed by atoms with E-state index in [0.717, 1.165) is 12.8 Å². The molecule has 1 aromatic carbocycles. The molecule has 0 radical (unpaired) electrons. The molecule has 0 saturated carbocycles. The lowest BCUT2D eigenvalue weighted by Gasteiger charge is -2.23. The normalized spacial score (nSPS) is 16.0. The molecular formula is C16H26O3. The Labute approximate surface area is 116 Å². The van der Waals surface area contributed by atoms with E-state index in [9.17, 15) is 0 Å². The first-order valence-corrected chi connectivity index (χ1v) is 7.10. The van der Waals surface area contributed by atoms with Crippen LogP contribution < -0.4 is 0 Å². The largest absolute Gasteiger partial charge is 0.394 e. The molecule has 108 valence electrons. The Morgan fingerprint density at radius 3 is 2.37 bits per heavy atom. The van der Waals surface area contributed by atoms with Crippen molar-refractivity contribution in [3.8, 4) is 0 Å². The Balaban J connectivity index is 2.49. The minimum atomic E-state index is -0.132. The van der Waals surface area contributed by atoms with Gasteiger partial charge in [0.25, 0.3) is 0 Å². The summed E-state index contributed by atoms with van der Waals surface area (Å²) in [4.78, 5) is 0. The Morgan fingerprint density at radius 1 is 1.11 bits per heavy atom. The molecule has 0 aliphatic rings. The van der Waals surface area contributed by atoms with Gasteiger partial charge in [0.2, 0.25) is 0 Å². The highest BCUT2D eigenvalue weighted by Gasteiger charge is 2.15. The van der Waals surface area contributed by atoms with Gasteiger partial charge in [-0.2, -0.15) is 0 Å². The van der Waals surface area contributed by atoms with Crippen molar-refractivity contribution in [2.45, 2.75) is 51.9 Å². The average molecular weight is 266 g/mol. The topological polar surface area (TPSA) is 38.7 Å². The van der Waals surface area contributed by atoms with Crippen LogP contribution in [0.1, 0.15) is 45.3 Å². The Kier molecular flexibility index (Phi) is 7.72. The summed E-state index contributed by atoms with van der Waals surface area (Å²) in [5.41, 5.74) is 1.21. The maximum absolute atomic E-state index is 8.93. The molecular weight excluding hydrogens is 240 g/mol. The van der Waals surface area contributed by atoms with Crippen LogP contribution in [0.3, 0.4) is 0 Å². The SMILES string of the molecule is CCCC(OC(C)COC(C)CO)c1ccccc1. The fourth-order valence-electron chi connectivity index (χ4n) is 1.92. The van der Waals surface area contributed by atoms with Gasteiger partial charge >= 0.3 is 0 Å². The van der Waals surface area contributed by atoms with Crippen molar-refractivity contribution in [2.75, 3.05) is 13.2 Å². The summed E-state index contributed by atoms with van der Waals surface area (Å²) >= 11 is 0.